The molecule has 7 heteroatoms. The number of anilines is 1. The van der Waals surface area contributed by atoms with Gasteiger partial charge in [0.15, 0.2) is 0 Å². The highest BCUT2D eigenvalue weighted by atomic mass is 35.5. The summed E-state index contributed by atoms with van der Waals surface area (Å²) in [6.45, 7) is 2.53. The van der Waals surface area contributed by atoms with Gasteiger partial charge in [0, 0.05) is 24.0 Å². The molecule has 1 amide bonds. The van der Waals surface area contributed by atoms with Crippen molar-refractivity contribution in [1.29, 1.82) is 0 Å². The summed E-state index contributed by atoms with van der Waals surface area (Å²) >= 11 is 7.43. The van der Waals surface area contributed by atoms with Crippen molar-refractivity contribution in [2.24, 2.45) is 0 Å². The number of carbonyl (C=O) groups excluding carboxylic acids is 1. The van der Waals surface area contributed by atoms with E-state index < -0.39 is 0 Å². The van der Waals surface area contributed by atoms with Gasteiger partial charge >= 0.3 is 0 Å². The molecule has 0 spiro atoms. The predicted molar refractivity (Wildman–Crippen MR) is 88.1 cm³/mol. The van der Waals surface area contributed by atoms with Crippen molar-refractivity contribution in [3.05, 3.63) is 34.3 Å². The van der Waals surface area contributed by atoms with E-state index in [4.69, 9.17) is 22.1 Å². The second kappa shape index (κ2) is 6.64. The number of halogens is 1. The molecule has 2 heterocycles. The average Bonchev–Trinajstić information content (AvgIpc) is 2.99. The second-order valence-corrected chi connectivity index (χ2v) is 6.32. The second-order valence-electron chi connectivity index (χ2n) is 5.05. The summed E-state index contributed by atoms with van der Waals surface area (Å²) < 4.78 is 5.25. The van der Waals surface area contributed by atoms with Crippen LogP contribution in [0.3, 0.4) is 0 Å². The number of amides is 1. The molecular weight excluding hydrogens is 322 g/mol. The molecular formula is C15H16ClN3O2S. The Balaban J connectivity index is 1.70. The normalized spacial score (nSPS) is 15.0. The highest BCUT2D eigenvalue weighted by Crippen LogP contribution is 2.29. The topological polar surface area (TPSA) is 68.5 Å². The third kappa shape index (κ3) is 3.40. The number of carbonyl (C=O) groups is 1. The summed E-state index contributed by atoms with van der Waals surface area (Å²) in [6, 6.07) is 5.44. The maximum absolute atomic E-state index is 12.2. The number of morpholine rings is 1. The van der Waals surface area contributed by atoms with E-state index >= 15 is 0 Å². The maximum atomic E-state index is 12.2. The standard InChI is InChI=1S/C15H16ClN3O2S/c16-12-2-1-10(7-13(12)17)15-18-11(9-22-15)8-14(20)19-3-5-21-6-4-19/h1-2,7,9H,3-6,8,17H2. The number of nitrogens with two attached hydrogens (primary N) is 1. The van der Waals surface area contributed by atoms with Crippen LogP contribution in [-0.2, 0) is 16.0 Å². The smallest absolute Gasteiger partial charge is 0.228 e. The quantitative estimate of drug-likeness (QED) is 0.873. The number of ether oxygens (including phenoxy) is 1. The van der Waals surface area contributed by atoms with Crippen LogP contribution >= 0.6 is 22.9 Å². The van der Waals surface area contributed by atoms with Crippen molar-refractivity contribution in [2.75, 3.05) is 32.0 Å². The van der Waals surface area contributed by atoms with Gasteiger partial charge in [0.2, 0.25) is 5.91 Å². The number of rotatable bonds is 3. The number of nitrogen functional groups attached to an aromatic ring is 1. The van der Waals surface area contributed by atoms with Gasteiger partial charge in [-0.1, -0.05) is 17.7 Å². The molecule has 22 heavy (non-hydrogen) atoms. The minimum Gasteiger partial charge on any atom is -0.398 e. The van der Waals surface area contributed by atoms with Crippen molar-refractivity contribution in [3.8, 4) is 10.6 Å². The van der Waals surface area contributed by atoms with Crippen molar-refractivity contribution in [3.63, 3.8) is 0 Å². The van der Waals surface area contributed by atoms with Crippen LogP contribution in [0.2, 0.25) is 5.02 Å². The summed E-state index contributed by atoms with van der Waals surface area (Å²) in [5.74, 6) is 0.0933. The fraction of sp³-hybridized carbons (Fsp3) is 0.333. The van der Waals surface area contributed by atoms with Crippen molar-refractivity contribution < 1.29 is 9.53 Å². The summed E-state index contributed by atoms with van der Waals surface area (Å²) in [5, 5.41) is 3.29. The number of nitrogens with zero attached hydrogens (tertiary/aromatic N) is 2. The molecule has 1 aromatic heterocycles. The zero-order valence-electron chi connectivity index (χ0n) is 11.9. The van der Waals surface area contributed by atoms with Gasteiger partial charge in [0.25, 0.3) is 0 Å². The average molecular weight is 338 g/mol. The van der Waals surface area contributed by atoms with Gasteiger partial charge in [-0.15, -0.1) is 11.3 Å². The first-order valence-electron chi connectivity index (χ1n) is 6.99. The molecule has 3 rings (SSSR count). The van der Waals surface area contributed by atoms with E-state index in [1.807, 2.05) is 16.3 Å². The van der Waals surface area contributed by atoms with E-state index in [1.54, 1.807) is 12.1 Å². The zero-order valence-corrected chi connectivity index (χ0v) is 13.5. The molecule has 0 saturated carbocycles. The van der Waals surface area contributed by atoms with E-state index in [2.05, 4.69) is 4.98 Å². The Morgan fingerprint density at radius 1 is 1.41 bits per heavy atom. The zero-order chi connectivity index (χ0) is 15.5. The molecule has 2 aromatic rings. The molecule has 5 nitrogen and oxygen atoms in total. The molecule has 116 valence electrons. The highest BCUT2D eigenvalue weighted by molar-refractivity contribution is 7.13. The van der Waals surface area contributed by atoms with Gasteiger partial charge in [-0.05, 0) is 12.1 Å². The van der Waals surface area contributed by atoms with E-state index in [1.165, 1.54) is 11.3 Å². The molecule has 1 aliphatic heterocycles. The first kappa shape index (κ1) is 15.3. The first-order valence-corrected chi connectivity index (χ1v) is 8.24. The van der Waals surface area contributed by atoms with Gasteiger partial charge in [-0.3, -0.25) is 4.79 Å². The number of thiazole rings is 1. The van der Waals surface area contributed by atoms with Crippen molar-refractivity contribution in [2.45, 2.75) is 6.42 Å². The fourth-order valence-electron chi connectivity index (χ4n) is 2.28. The number of hydrogen-bond donors (Lipinski definition) is 1. The molecule has 0 bridgehead atoms. The summed E-state index contributed by atoms with van der Waals surface area (Å²) in [7, 11) is 0. The predicted octanol–water partition coefficient (Wildman–Crippen LogP) is 2.45. The third-order valence-electron chi connectivity index (χ3n) is 3.49. The monoisotopic (exact) mass is 337 g/mol. The lowest BCUT2D eigenvalue weighted by molar-refractivity contribution is -0.134. The van der Waals surface area contributed by atoms with Gasteiger partial charge in [0.05, 0.1) is 36.0 Å². The van der Waals surface area contributed by atoms with Crippen LogP contribution in [0.5, 0.6) is 0 Å². The fourth-order valence-corrected chi connectivity index (χ4v) is 3.21. The van der Waals surface area contributed by atoms with Crippen molar-refractivity contribution in [1.82, 2.24) is 9.88 Å². The van der Waals surface area contributed by atoms with Crippen molar-refractivity contribution >= 4 is 34.5 Å². The Morgan fingerprint density at radius 3 is 2.91 bits per heavy atom. The Hall–Kier alpha value is -1.63. The Labute approximate surface area is 137 Å². The maximum Gasteiger partial charge on any atom is 0.228 e. The Bertz CT molecular complexity index is 683. The molecule has 0 atom stereocenters. The number of hydrogen-bond acceptors (Lipinski definition) is 5. The van der Waals surface area contributed by atoms with E-state index in [0.29, 0.717) is 43.4 Å². The van der Waals surface area contributed by atoms with Crippen LogP contribution in [0.25, 0.3) is 10.6 Å². The van der Waals surface area contributed by atoms with E-state index in [-0.39, 0.29) is 5.91 Å². The molecule has 1 saturated heterocycles. The lowest BCUT2D eigenvalue weighted by Gasteiger charge is -2.26. The molecule has 0 aliphatic carbocycles. The SMILES string of the molecule is Nc1cc(-c2nc(CC(=O)N3CCOCC3)cs2)ccc1Cl. The van der Waals surface area contributed by atoms with Crippen LogP contribution in [-0.4, -0.2) is 42.1 Å². The largest absolute Gasteiger partial charge is 0.398 e. The third-order valence-corrected chi connectivity index (χ3v) is 4.78. The molecule has 2 N–H and O–H groups in total. The minimum absolute atomic E-state index is 0.0933. The van der Waals surface area contributed by atoms with Crippen LogP contribution < -0.4 is 5.73 Å². The lowest BCUT2D eigenvalue weighted by atomic mass is 10.2. The van der Waals surface area contributed by atoms with E-state index in [9.17, 15) is 4.79 Å². The lowest BCUT2D eigenvalue weighted by Crippen LogP contribution is -2.41. The van der Waals surface area contributed by atoms with Crippen LogP contribution in [0.4, 0.5) is 5.69 Å². The van der Waals surface area contributed by atoms with Crippen LogP contribution in [0, 0.1) is 0 Å². The summed E-state index contributed by atoms with van der Waals surface area (Å²) in [4.78, 5) is 18.6. The highest BCUT2D eigenvalue weighted by Gasteiger charge is 2.18. The molecule has 0 unspecified atom stereocenters. The van der Waals surface area contributed by atoms with Gasteiger partial charge in [0.1, 0.15) is 5.01 Å². The molecule has 0 radical (unpaired) electrons. The minimum atomic E-state index is 0.0933. The van der Waals surface area contributed by atoms with E-state index in [0.717, 1.165) is 16.3 Å². The number of benzene rings is 1. The van der Waals surface area contributed by atoms with Gasteiger partial charge in [-0.2, -0.15) is 0 Å². The van der Waals surface area contributed by atoms with Crippen LogP contribution in [0.1, 0.15) is 5.69 Å². The first-order chi connectivity index (χ1) is 10.6. The molecule has 1 fully saturated rings. The van der Waals surface area contributed by atoms with Gasteiger partial charge < -0.3 is 15.4 Å². The molecule has 1 aliphatic rings. The Morgan fingerprint density at radius 2 is 2.18 bits per heavy atom. The summed E-state index contributed by atoms with van der Waals surface area (Å²) in [5.41, 5.74) is 8.04. The summed E-state index contributed by atoms with van der Waals surface area (Å²) in [6.07, 6.45) is 0.319. The van der Waals surface area contributed by atoms with Gasteiger partial charge in [-0.25, -0.2) is 4.98 Å². The number of aromatic nitrogens is 1. The molecule has 1 aromatic carbocycles. The Kier molecular flexibility index (Phi) is 4.61. The van der Waals surface area contributed by atoms with Crippen LogP contribution in [0.15, 0.2) is 23.6 Å².